The van der Waals surface area contributed by atoms with Crippen molar-refractivity contribution >= 4 is 29.8 Å². The highest BCUT2D eigenvalue weighted by molar-refractivity contribution is 5.87. The summed E-state index contributed by atoms with van der Waals surface area (Å²) in [6.45, 7) is 2.49. The first-order valence-corrected chi connectivity index (χ1v) is 24.4. The Kier molecular flexibility index (Phi) is 19.5. The van der Waals surface area contributed by atoms with E-state index in [1.165, 1.54) is 29.7 Å². The zero-order chi connectivity index (χ0) is 58.2. The van der Waals surface area contributed by atoms with Gasteiger partial charge in [0.1, 0.15) is 36.1 Å². The van der Waals surface area contributed by atoms with Gasteiger partial charge in [0.15, 0.2) is 0 Å². The van der Waals surface area contributed by atoms with Crippen LogP contribution >= 0.6 is 0 Å². The number of aliphatic hydroxyl groups is 1. The van der Waals surface area contributed by atoms with Crippen molar-refractivity contribution in [1.29, 1.82) is 0 Å². The van der Waals surface area contributed by atoms with Gasteiger partial charge in [0.2, 0.25) is 5.91 Å². The number of piperazine rings is 1. The van der Waals surface area contributed by atoms with Crippen LogP contribution in [0.3, 0.4) is 0 Å². The molecule has 0 spiro atoms. The summed E-state index contributed by atoms with van der Waals surface area (Å²) < 4.78 is 153. The number of halogens is 10. The summed E-state index contributed by atoms with van der Waals surface area (Å²) in [4.78, 5) is 60.6. The third-order valence-electron chi connectivity index (χ3n) is 13.7. The predicted octanol–water partition coefficient (Wildman–Crippen LogP) is 5.57. The van der Waals surface area contributed by atoms with Crippen molar-refractivity contribution in [1.82, 2.24) is 46.5 Å². The van der Waals surface area contributed by atoms with Crippen LogP contribution in [0, 0.1) is 34.3 Å². The minimum atomic E-state index is -5.23. The van der Waals surface area contributed by atoms with Crippen molar-refractivity contribution in [3.05, 3.63) is 101 Å². The number of hydrogen-bond acceptors (Lipinski definition) is 12. The molecule has 2 aliphatic rings. The van der Waals surface area contributed by atoms with E-state index in [0.717, 1.165) is 35.7 Å². The number of alkyl carbamates (subject to hydrolysis) is 1. The minimum absolute atomic E-state index is 0.0445. The molecule has 4 amide bonds. The fourth-order valence-corrected chi connectivity index (χ4v) is 8.53. The van der Waals surface area contributed by atoms with E-state index >= 15 is 8.78 Å². The van der Waals surface area contributed by atoms with Crippen molar-refractivity contribution in [2.24, 2.45) is 10.8 Å². The van der Waals surface area contributed by atoms with Crippen molar-refractivity contribution in [3.63, 3.8) is 0 Å². The number of hydrazine groups is 1. The van der Waals surface area contributed by atoms with E-state index in [2.05, 4.69) is 49.5 Å². The third kappa shape index (κ3) is 15.5. The average Bonchev–Trinajstić information content (AvgIpc) is 3.93. The van der Waals surface area contributed by atoms with Crippen LogP contribution in [0.2, 0.25) is 0 Å². The van der Waals surface area contributed by atoms with Crippen LogP contribution in [-0.2, 0) is 38.4 Å². The van der Waals surface area contributed by atoms with Gasteiger partial charge in [-0.2, -0.15) is 31.4 Å². The number of ether oxygens (including phenoxy) is 2. The predicted molar refractivity (Wildman–Crippen MR) is 263 cm³/mol. The second kappa shape index (κ2) is 25.3. The summed E-state index contributed by atoms with van der Waals surface area (Å²) in [6, 6.07) is 6.57. The van der Waals surface area contributed by atoms with Gasteiger partial charge in [0.25, 0.3) is 12.3 Å². The van der Waals surface area contributed by atoms with Crippen molar-refractivity contribution < 1.29 is 82.8 Å². The van der Waals surface area contributed by atoms with E-state index in [1.807, 2.05) is 22.9 Å². The number of carbonyl (C=O) groups is 4. The summed E-state index contributed by atoms with van der Waals surface area (Å²) in [5, 5.41) is 30.1. The van der Waals surface area contributed by atoms with E-state index in [1.54, 1.807) is 18.3 Å². The molecule has 2 aromatic carbocycles. The number of carbonyl (C=O) groups excluding carboxylic acids is 3. The van der Waals surface area contributed by atoms with Crippen LogP contribution in [0.25, 0.3) is 11.3 Å². The van der Waals surface area contributed by atoms with Gasteiger partial charge >= 0.3 is 24.5 Å². The number of carboxylic acid groups (broad SMARTS) is 1. The molecule has 6 atom stereocenters. The zero-order valence-corrected chi connectivity index (χ0v) is 43.1. The van der Waals surface area contributed by atoms with Gasteiger partial charge in [-0.15, -0.1) is 0 Å². The van der Waals surface area contributed by atoms with Crippen LogP contribution in [0.5, 0.6) is 0 Å². The lowest BCUT2D eigenvalue weighted by Gasteiger charge is -2.48. The Hall–Kier alpha value is -7.22. The monoisotopic (exact) mass is 1130 g/mol. The maximum atomic E-state index is 15.1. The number of benzene rings is 2. The Morgan fingerprint density at radius 1 is 0.823 bits per heavy atom. The fourth-order valence-electron chi connectivity index (χ4n) is 8.53. The second-order valence-electron chi connectivity index (χ2n) is 20.0. The smallest absolute Gasteiger partial charge is 0.407 e. The highest BCUT2D eigenvalue weighted by Crippen LogP contribution is 2.42. The maximum Gasteiger partial charge on any atom is 0.407 e. The quantitative estimate of drug-likeness (QED) is 0.0327. The molecule has 18 nitrogen and oxygen atoms in total. The second-order valence-corrected chi connectivity index (χ2v) is 20.0. The van der Waals surface area contributed by atoms with E-state index in [4.69, 9.17) is 9.47 Å². The first-order valence-electron chi connectivity index (χ1n) is 24.4. The summed E-state index contributed by atoms with van der Waals surface area (Å²) in [6.07, 6.45) is -16.9. The van der Waals surface area contributed by atoms with Crippen LogP contribution in [-0.4, -0.2) is 155 Å². The molecule has 4 aromatic rings. The van der Waals surface area contributed by atoms with Gasteiger partial charge in [-0.3, -0.25) is 24.6 Å². The standard InChI is InChI=1S/C51H58F10N10O8/c1-48(2,50(56,57)58)42(66-47(77)79-17-15-34-35(52)19-31(20-36(34)53)37-14-16-71(68-37)25-40(54)55)44(73)64-38(39(72)22-63-67-45(74)43(65-46(75)76)49(3,4)51(59,60)61)18-29-9-6-28(7-10-29)8-11-30-12-13-41(62-21-30)70-23-32-26-78-27-33(24-70)69(32)5/h6-7,9-10,12-14,16,19-21,32-33,38-40,42-43,63,65,72H,15,17-18,22-27H2,1-5H3,(H,64,73)(H,66,77)(H,67,74)(H,75,76)/t32?,33?,38-,39-,42+,43+/m0/s1. The molecule has 2 aliphatic heterocycles. The number of hydrogen-bond donors (Lipinski definition) is 7. The SMILES string of the molecule is CN1C2COCC1CN(c1ccc(C#Cc3ccc(C[C@H](NC(=O)[C@@H](NC(=O)OCCc4c(F)cc(-c5ccn(CC(F)F)n5)cc4F)C(C)(C)C(F)(F)F)[C@@H](O)CNNC(=O)[C@@H](NC(=O)O)C(C)(C)C(F)(F)F)cc3)cn1)C2. The molecule has 4 heterocycles. The van der Waals surface area contributed by atoms with Crippen LogP contribution in [0.1, 0.15) is 49.9 Å². The molecule has 7 N–H and O–H groups in total. The number of fused-ring (bicyclic) bond motifs is 2. The van der Waals surface area contributed by atoms with Crippen molar-refractivity contribution in [2.45, 2.75) is 102 Å². The molecule has 2 aromatic heterocycles. The van der Waals surface area contributed by atoms with E-state index in [0.29, 0.717) is 57.6 Å². The Labute approximate surface area is 446 Å². The van der Waals surface area contributed by atoms with Gasteiger partial charge in [0, 0.05) is 60.7 Å². The number of aromatic nitrogens is 3. The number of nitrogens with one attached hydrogen (secondary N) is 5. The molecule has 430 valence electrons. The summed E-state index contributed by atoms with van der Waals surface area (Å²) >= 11 is 0. The Balaban J connectivity index is 1.17. The Bertz CT molecular complexity index is 2800. The first-order chi connectivity index (χ1) is 36.9. The number of rotatable bonds is 20. The van der Waals surface area contributed by atoms with Gasteiger partial charge in [-0.25, -0.2) is 37.6 Å². The molecule has 79 heavy (non-hydrogen) atoms. The van der Waals surface area contributed by atoms with Crippen molar-refractivity contribution in [2.75, 3.05) is 51.4 Å². The molecular weight excluding hydrogens is 1070 g/mol. The molecule has 0 aliphatic carbocycles. The maximum absolute atomic E-state index is 15.1. The number of likely N-dealkylation sites (N-methyl/N-ethyl adjacent to an activating group) is 1. The lowest BCUT2D eigenvalue weighted by atomic mass is 9.82. The number of morpholine rings is 1. The van der Waals surface area contributed by atoms with Gasteiger partial charge in [-0.05, 0) is 89.2 Å². The van der Waals surface area contributed by atoms with E-state index < -0.39 is 121 Å². The zero-order valence-electron chi connectivity index (χ0n) is 43.1. The van der Waals surface area contributed by atoms with E-state index in [-0.39, 0.29) is 29.8 Å². The lowest BCUT2D eigenvalue weighted by molar-refractivity contribution is -0.221. The molecule has 2 fully saturated rings. The highest BCUT2D eigenvalue weighted by Gasteiger charge is 2.57. The number of aliphatic hydroxyl groups excluding tert-OH is 1. The van der Waals surface area contributed by atoms with Crippen LogP contribution < -0.4 is 31.7 Å². The lowest BCUT2D eigenvalue weighted by Crippen LogP contribution is -2.63. The summed E-state index contributed by atoms with van der Waals surface area (Å²) in [5.74, 6) is 1.34. The summed E-state index contributed by atoms with van der Waals surface area (Å²) in [7, 11) is 2.07. The molecule has 2 bridgehead atoms. The minimum Gasteiger partial charge on any atom is -0.465 e. The number of amides is 4. The number of alkyl halides is 8. The molecule has 2 unspecified atom stereocenters. The van der Waals surface area contributed by atoms with Crippen molar-refractivity contribution in [3.8, 4) is 23.1 Å². The Morgan fingerprint density at radius 3 is 1.96 bits per heavy atom. The largest absolute Gasteiger partial charge is 0.465 e. The molecule has 0 radical (unpaired) electrons. The molecule has 0 saturated carbocycles. The Morgan fingerprint density at radius 2 is 1.41 bits per heavy atom. The van der Waals surface area contributed by atoms with E-state index in [9.17, 15) is 64.5 Å². The van der Waals surface area contributed by atoms with Gasteiger partial charge in [-0.1, -0.05) is 24.0 Å². The molecule has 6 rings (SSSR count). The average molecular weight is 1130 g/mol. The topological polar surface area (TPSA) is 225 Å². The number of nitrogens with zero attached hydrogens (tertiary/aromatic N) is 5. The fraction of sp³-hybridized carbons (Fsp3) is 0.490. The molecule has 2 saturated heterocycles. The van der Waals surface area contributed by atoms with Gasteiger partial charge in [0.05, 0.1) is 60.6 Å². The summed E-state index contributed by atoms with van der Waals surface area (Å²) in [5.41, 5.74) is -1.45. The normalized spacial score (nSPS) is 17.7. The number of anilines is 1. The third-order valence-corrected chi connectivity index (χ3v) is 13.7. The highest BCUT2D eigenvalue weighted by atomic mass is 19.4. The van der Waals surface area contributed by atoms with Gasteiger partial charge < -0.3 is 40.5 Å². The first kappa shape index (κ1) is 61.0. The number of pyridine rings is 1. The molecule has 28 heteroatoms. The molecular formula is C51H58F10N10O8. The van der Waals surface area contributed by atoms with Crippen LogP contribution in [0.4, 0.5) is 59.3 Å². The van der Waals surface area contributed by atoms with Crippen LogP contribution in [0.15, 0.2) is 67.0 Å².